The molecule has 2 heteroatoms. The van der Waals surface area contributed by atoms with Crippen LogP contribution in [0.2, 0.25) is 0 Å². The molecule has 0 unspecified atom stereocenters. The summed E-state index contributed by atoms with van der Waals surface area (Å²) in [5.41, 5.74) is 3.69. The average Bonchev–Trinajstić information content (AvgIpc) is 2.29. The summed E-state index contributed by atoms with van der Waals surface area (Å²) >= 11 is 0. The van der Waals surface area contributed by atoms with E-state index in [2.05, 4.69) is 44.3 Å². The van der Waals surface area contributed by atoms with Crippen LogP contribution < -0.4 is 5.32 Å². The minimum absolute atomic E-state index is 0.454. The van der Waals surface area contributed by atoms with Crippen LogP contribution in [0.4, 0.5) is 5.69 Å². The molecule has 1 atom stereocenters. The van der Waals surface area contributed by atoms with Gasteiger partial charge < -0.3 is 10.4 Å². The lowest BCUT2D eigenvalue weighted by atomic mass is 9.97. The third kappa shape index (κ3) is 3.24. The van der Waals surface area contributed by atoms with E-state index in [4.69, 9.17) is 0 Å². The SMILES string of the molecule is CCc1ccc(N[C@H](O)CC)c(C(C)C)c1. The lowest BCUT2D eigenvalue weighted by Gasteiger charge is -2.19. The molecule has 0 bridgehead atoms. The van der Waals surface area contributed by atoms with E-state index in [0.29, 0.717) is 12.3 Å². The number of anilines is 1. The maximum Gasteiger partial charge on any atom is 0.124 e. The lowest BCUT2D eigenvalue weighted by Crippen LogP contribution is -2.18. The Morgan fingerprint density at radius 1 is 1.25 bits per heavy atom. The average molecular weight is 221 g/mol. The number of rotatable bonds is 5. The summed E-state index contributed by atoms with van der Waals surface area (Å²) in [6.45, 7) is 8.48. The summed E-state index contributed by atoms with van der Waals surface area (Å²) < 4.78 is 0. The van der Waals surface area contributed by atoms with Crippen LogP contribution in [0, 0.1) is 0 Å². The standard InChI is InChI=1S/C14H23NO/c1-5-11-7-8-13(15-14(16)6-2)12(9-11)10(3)4/h7-10,14-16H,5-6H2,1-4H3/t14-/m1/s1. The predicted molar refractivity (Wildman–Crippen MR) is 69.8 cm³/mol. The van der Waals surface area contributed by atoms with Crippen molar-refractivity contribution in [3.8, 4) is 0 Å². The molecule has 0 saturated carbocycles. The number of benzene rings is 1. The fourth-order valence-corrected chi connectivity index (χ4v) is 1.72. The van der Waals surface area contributed by atoms with Crippen LogP contribution in [0.1, 0.15) is 51.2 Å². The fraction of sp³-hybridized carbons (Fsp3) is 0.571. The topological polar surface area (TPSA) is 32.3 Å². The molecule has 0 aliphatic rings. The molecule has 1 rings (SSSR count). The Hall–Kier alpha value is -1.02. The van der Waals surface area contributed by atoms with Crippen molar-refractivity contribution >= 4 is 5.69 Å². The normalized spacial score (nSPS) is 12.9. The molecule has 0 heterocycles. The number of aliphatic hydroxyl groups excluding tert-OH is 1. The molecular weight excluding hydrogens is 198 g/mol. The highest BCUT2D eigenvalue weighted by Gasteiger charge is 2.09. The number of nitrogens with one attached hydrogen (secondary N) is 1. The van der Waals surface area contributed by atoms with Crippen molar-refractivity contribution < 1.29 is 5.11 Å². The first-order valence-electron chi connectivity index (χ1n) is 6.15. The molecule has 0 fully saturated rings. The first kappa shape index (κ1) is 13.0. The zero-order chi connectivity index (χ0) is 12.1. The van der Waals surface area contributed by atoms with Gasteiger partial charge in [0.05, 0.1) is 0 Å². The maximum atomic E-state index is 9.63. The van der Waals surface area contributed by atoms with Gasteiger partial charge in [-0.15, -0.1) is 0 Å². The monoisotopic (exact) mass is 221 g/mol. The summed E-state index contributed by atoms with van der Waals surface area (Å²) in [5, 5.41) is 12.8. The lowest BCUT2D eigenvalue weighted by molar-refractivity contribution is 0.199. The van der Waals surface area contributed by atoms with E-state index in [1.165, 1.54) is 11.1 Å². The highest BCUT2D eigenvalue weighted by molar-refractivity contribution is 5.54. The molecule has 2 N–H and O–H groups in total. The number of hydrogen-bond acceptors (Lipinski definition) is 2. The molecule has 1 aromatic rings. The smallest absolute Gasteiger partial charge is 0.124 e. The molecule has 16 heavy (non-hydrogen) atoms. The van der Waals surface area contributed by atoms with Crippen molar-refractivity contribution in [2.45, 2.75) is 52.7 Å². The van der Waals surface area contributed by atoms with Gasteiger partial charge in [-0.25, -0.2) is 0 Å². The van der Waals surface area contributed by atoms with Gasteiger partial charge in [-0.1, -0.05) is 39.8 Å². The van der Waals surface area contributed by atoms with Crippen molar-refractivity contribution in [2.24, 2.45) is 0 Å². The van der Waals surface area contributed by atoms with E-state index in [-0.39, 0.29) is 0 Å². The van der Waals surface area contributed by atoms with E-state index in [1.807, 2.05) is 6.92 Å². The Labute approximate surface area is 98.7 Å². The van der Waals surface area contributed by atoms with Crippen LogP contribution >= 0.6 is 0 Å². The van der Waals surface area contributed by atoms with E-state index >= 15 is 0 Å². The molecule has 0 amide bonds. The molecule has 2 nitrogen and oxygen atoms in total. The highest BCUT2D eigenvalue weighted by atomic mass is 16.3. The summed E-state index contributed by atoms with van der Waals surface area (Å²) in [4.78, 5) is 0. The van der Waals surface area contributed by atoms with Crippen LogP contribution in [-0.4, -0.2) is 11.3 Å². The first-order valence-corrected chi connectivity index (χ1v) is 6.15. The summed E-state index contributed by atoms with van der Waals surface area (Å²) in [5.74, 6) is 0.470. The Morgan fingerprint density at radius 2 is 1.94 bits per heavy atom. The van der Waals surface area contributed by atoms with Gasteiger partial charge in [-0.3, -0.25) is 0 Å². The quantitative estimate of drug-likeness (QED) is 0.746. The van der Waals surface area contributed by atoms with Crippen molar-refractivity contribution in [2.75, 3.05) is 5.32 Å². The van der Waals surface area contributed by atoms with Gasteiger partial charge >= 0.3 is 0 Å². The minimum Gasteiger partial charge on any atom is -0.374 e. The molecule has 0 aliphatic carbocycles. The zero-order valence-corrected chi connectivity index (χ0v) is 10.7. The third-order valence-electron chi connectivity index (χ3n) is 2.86. The van der Waals surface area contributed by atoms with E-state index in [9.17, 15) is 5.11 Å². The molecule has 0 saturated heterocycles. The van der Waals surface area contributed by atoms with Crippen LogP contribution in [0.5, 0.6) is 0 Å². The van der Waals surface area contributed by atoms with Crippen LogP contribution in [0.25, 0.3) is 0 Å². The molecular formula is C14H23NO. The van der Waals surface area contributed by atoms with Gasteiger partial charge in [0.2, 0.25) is 0 Å². The van der Waals surface area contributed by atoms with Crippen LogP contribution in [0.3, 0.4) is 0 Å². The second kappa shape index (κ2) is 5.90. The Balaban J connectivity index is 2.98. The van der Waals surface area contributed by atoms with Crippen molar-refractivity contribution in [3.63, 3.8) is 0 Å². The van der Waals surface area contributed by atoms with Crippen LogP contribution in [-0.2, 0) is 6.42 Å². The summed E-state index contributed by atoms with van der Waals surface area (Å²) in [7, 11) is 0. The van der Waals surface area contributed by atoms with Gasteiger partial charge in [0.15, 0.2) is 0 Å². The van der Waals surface area contributed by atoms with E-state index < -0.39 is 6.23 Å². The number of aryl methyl sites for hydroxylation is 1. The molecule has 0 radical (unpaired) electrons. The number of aliphatic hydroxyl groups is 1. The largest absolute Gasteiger partial charge is 0.374 e. The second-order valence-corrected chi connectivity index (χ2v) is 4.50. The van der Waals surface area contributed by atoms with Crippen molar-refractivity contribution in [1.82, 2.24) is 0 Å². The minimum atomic E-state index is -0.454. The van der Waals surface area contributed by atoms with Crippen molar-refractivity contribution in [3.05, 3.63) is 29.3 Å². The van der Waals surface area contributed by atoms with E-state index in [0.717, 1.165) is 12.1 Å². The Kier molecular flexibility index (Phi) is 4.81. The van der Waals surface area contributed by atoms with Crippen molar-refractivity contribution in [1.29, 1.82) is 0 Å². The van der Waals surface area contributed by atoms with Gasteiger partial charge in [0.25, 0.3) is 0 Å². The molecule has 0 aliphatic heterocycles. The second-order valence-electron chi connectivity index (χ2n) is 4.50. The van der Waals surface area contributed by atoms with Gasteiger partial charge in [-0.05, 0) is 36.0 Å². The van der Waals surface area contributed by atoms with Gasteiger partial charge in [-0.2, -0.15) is 0 Å². The fourth-order valence-electron chi connectivity index (χ4n) is 1.72. The Bertz CT molecular complexity index is 334. The summed E-state index contributed by atoms with van der Waals surface area (Å²) in [6, 6.07) is 6.43. The molecule has 0 spiro atoms. The van der Waals surface area contributed by atoms with Gasteiger partial charge in [0.1, 0.15) is 6.23 Å². The molecule has 0 aromatic heterocycles. The zero-order valence-electron chi connectivity index (χ0n) is 10.7. The third-order valence-corrected chi connectivity index (χ3v) is 2.86. The number of hydrogen-bond donors (Lipinski definition) is 2. The summed E-state index contributed by atoms with van der Waals surface area (Å²) in [6.07, 6.45) is 1.31. The van der Waals surface area contributed by atoms with Gasteiger partial charge in [0, 0.05) is 5.69 Å². The maximum absolute atomic E-state index is 9.63. The highest BCUT2D eigenvalue weighted by Crippen LogP contribution is 2.26. The van der Waals surface area contributed by atoms with E-state index in [1.54, 1.807) is 0 Å². The first-order chi connectivity index (χ1) is 7.58. The predicted octanol–water partition coefficient (Wildman–Crippen LogP) is 3.51. The van der Waals surface area contributed by atoms with Crippen LogP contribution in [0.15, 0.2) is 18.2 Å². The Morgan fingerprint density at radius 3 is 2.44 bits per heavy atom. The molecule has 90 valence electrons. The molecule has 1 aromatic carbocycles.